The van der Waals surface area contributed by atoms with Crippen LogP contribution in [0.3, 0.4) is 0 Å². The van der Waals surface area contributed by atoms with Crippen molar-refractivity contribution in [3.63, 3.8) is 0 Å². The van der Waals surface area contributed by atoms with Crippen molar-refractivity contribution in [2.45, 2.75) is 38.6 Å². The number of hydrogen-bond acceptors (Lipinski definition) is 3. The van der Waals surface area contributed by atoms with Crippen molar-refractivity contribution in [1.29, 1.82) is 0 Å². The van der Waals surface area contributed by atoms with Gasteiger partial charge in [-0.15, -0.1) is 0 Å². The highest BCUT2D eigenvalue weighted by Crippen LogP contribution is 2.15. The number of hydrogen-bond donors (Lipinski definition) is 1. The van der Waals surface area contributed by atoms with E-state index in [4.69, 9.17) is 4.74 Å². The smallest absolute Gasteiger partial charge is 0.222 e. The van der Waals surface area contributed by atoms with Crippen LogP contribution in [0, 0.1) is 0 Å². The first-order valence-corrected chi connectivity index (χ1v) is 7.89. The maximum absolute atomic E-state index is 12.2. The van der Waals surface area contributed by atoms with E-state index in [2.05, 4.69) is 24.4 Å². The molecule has 4 nitrogen and oxygen atoms in total. The number of aryl methyl sites for hydroxylation is 1. The van der Waals surface area contributed by atoms with Crippen molar-refractivity contribution in [1.82, 2.24) is 10.2 Å². The van der Waals surface area contributed by atoms with Gasteiger partial charge in [0.05, 0.1) is 6.61 Å². The van der Waals surface area contributed by atoms with Gasteiger partial charge in [-0.3, -0.25) is 4.79 Å². The second-order valence-corrected chi connectivity index (χ2v) is 5.64. The Hall–Kier alpha value is -1.55. The van der Waals surface area contributed by atoms with Crippen molar-refractivity contribution in [3.05, 3.63) is 29.8 Å². The molecule has 2 rings (SSSR count). The maximum atomic E-state index is 12.2. The molecule has 1 aromatic rings. The quantitative estimate of drug-likeness (QED) is 0.837. The molecule has 1 aliphatic heterocycles. The molecular formula is C17H26N2O2. The largest absolute Gasteiger partial charge is 0.494 e. The van der Waals surface area contributed by atoms with Crippen molar-refractivity contribution in [2.24, 2.45) is 0 Å². The van der Waals surface area contributed by atoms with Crippen molar-refractivity contribution in [3.8, 4) is 5.75 Å². The van der Waals surface area contributed by atoms with E-state index in [1.54, 1.807) is 0 Å². The Morgan fingerprint density at radius 3 is 2.76 bits per heavy atom. The average Bonchev–Trinajstić information content (AvgIpc) is 3.05. The van der Waals surface area contributed by atoms with Gasteiger partial charge in [-0.1, -0.05) is 19.1 Å². The summed E-state index contributed by atoms with van der Waals surface area (Å²) in [5, 5.41) is 3.30. The van der Waals surface area contributed by atoms with Crippen molar-refractivity contribution in [2.75, 3.05) is 26.7 Å². The fourth-order valence-electron chi connectivity index (χ4n) is 2.57. The number of amides is 1. The third-order valence-electron chi connectivity index (χ3n) is 4.00. The van der Waals surface area contributed by atoms with Crippen LogP contribution in [0.2, 0.25) is 0 Å². The maximum Gasteiger partial charge on any atom is 0.222 e. The number of likely N-dealkylation sites (N-methyl/N-ethyl adjacent to an activating group) is 1. The van der Waals surface area contributed by atoms with Gasteiger partial charge < -0.3 is 15.0 Å². The number of rotatable bonds is 7. The van der Waals surface area contributed by atoms with Crippen LogP contribution in [0.1, 0.15) is 31.7 Å². The van der Waals surface area contributed by atoms with Crippen molar-refractivity contribution < 1.29 is 9.53 Å². The van der Waals surface area contributed by atoms with E-state index in [9.17, 15) is 4.79 Å². The van der Waals surface area contributed by atoms with Gasteiger partial charge in [-0.2, -0.15) is 0 Å². The zero-order valence-electron chi connectivity index (χ0n) is 13.1. The molecule has 0 bridgehead atoms. The van der Waals surface area contributed by atoms with Crippen LogP contribution in [0.15, 0.2) is 24.3 Å². The van der Waals surface area contributed by atoms with Gasteiger partial charge in [-0.25, -0.2) is 0 Å². The molecule has 0 saturated carbocycles. The molecule has 1 N–H and O–H groups in total. The van der Waals surface area contributed by atoms with E-state index in [0.29, 0.717) is 12.5 Å². The topological polar surface area (TPSA) is 41.6 Å². The SMILES string of the molecule is CCCOc1ccc(CCC(=O)N(C)C2CCNC2)cc1. The van der Waals surface area contributed by atoms with Crippen LogP contribution < -0.4 is 10.1 Å². The van der Waals surface area contributed by atoms with Crippen LogP contribution in [0.4, 0.5) is 0 Å². The van der Waals surface area contributed by atoms with Crippen LogP contribution >= 0.6 is 0 Å². The minimum atomic E-state index is 0.231. The van der Waals surface area contributed by atoms with Crippen molar-refractivity contribution >= 4 is 5.91 Å². The average molecular weight is 290 g/mol. The first-order chi connectivity index (χ1) is 10.2. The zero-order chi connectivity index (χ0) is 15.1. The summed E-state index contributed by atoms with van der Waals surface area (Å²) in [6.45, 7) is 4.78. The molecule has 1 unspecified atom stereocenters. The molecule has 1 aromatic carbocycles. The molecule has 21 heavy (non-hydrogen) atoms. The molecule has 1 heterocycles. The zero-order valence-corrected chi connectivity index (χ0v) is 13.1. The normalized spacial score (nSPS) is 17.7. The number of benzene rings is 1. The Morgan fingerprint density at radius 1 is 1.38 bits per heavy atom. The van der Waals surface area contributed by atoms with Gasteiger partial charge in [0, 0.05) is 26.1 Å². The summed E-state index contributed by atoms with van der Waals surface area (Å²) in [7, 11) is 1.92. The molecule has 0 aromatic heterocycles. The molecule has 4 heteroatoms. The lowest BCUT2D eigenvalue weighted by molar-refractivity contribution is -0.131. The Balaban J connectivity index is 1.77. The van der Waals surface area contributed by atoms with E-state index in [0.717, 1.165) is 44.7 Å². The first-order valence-electron chi connectivity index (χ1n) is 7.89. The van der Waals surface area contributed by atoms with Gasteiger partial charge in [0.15, 0.2) is 0 Å². The Kier molecular flexibility index (Phi) is 6.05. The second-order valence-electron chi connectivity index (χ2n) is 5.64. The molecule has 1 fully saturated rings. The number of nitrogens with zero attached hydrogens (tertiary/aromatic N) is 1. The minimum Gasteiger partial charge on any atom is -0.494 e. The summed E-state index contributed by atoms with van der Waals surface area (Å²) in [5.74, 6) is 1.14. The van der Waals surface area contributed by atoms with Gasteiger partial charge >= 0.3 is 0 Å². The third kappa shape index (κ3) is 4.74. The Morgan fingerprint density at radius 2 is 2.14 bits per heavy atom. The number of carbonyl (C=O) groups excluding carboxylic acids is 1. The molecule has 1 atom stereocenters. The molecule has 1 amide bonds. The van der Waals surface area contributed by atoms with Gasteiger partial charge in [0.1, 0.15) is 5.75 Å². The third-order valence-corrected chi connectivity index (χ3v) is 4.00. The fraction of sp³-hybridized carbons (Fsp3) is 0.588. The molecule has 0 aliphatic carbocycles. The van der Waals surface area contributed by atoms with E-state index in [-0.39, 0.29) is 5.91 Å². The highest BCUT2D eigenvalue weighted by Gasteiger charge is 2.22. The van der Waals surface area contributed by atoms with E-state index in [1.807, 2.05) is 24.1 Å². The Labute approximate surface area is 127 Å². The lowest BCUT2D eigenvalue weighted by Crippen LogP contribution is -2.38. The van der Waals surface area contributed by atoms with Crippen LogP contribution in [-0.2, 0) is 11.2 Å². The Bertz CT molecular complexity index is 439. The van der Waals surface area contributed by atoms with E-state index >= 15 is 0 Å². The summed E-state index contributed by atoms with van der Waals surface area (Å²) < 4.78 is 5.56. The number of carbonyl (C=O) groups is 1. The number of ether oxygens (including phenoxy) is 1. The highest BCUT2D eigenvalue weighted by molar-refractivity contribution is 5.76. The van der Waals surface area contributed by atoms with Gasteiger partial charge in [-0.05, 0) is 43.5 Å². The first kappa shape index (κ1) is 15.8. The molecular weight excluding hydrogens is 264 g/mol. The second kappa shape index (κ2) is 8.03. The van der Waals surface area contributed by atoms with Gasteiger partial charge in [0.2, 0.25) is 5.91 Å². The van der Waals surface area contributed by atoms with Crippen LogP contribution in [0.5, 0.6) is 5.75 Å². The molecule has 1 aliphatic rings. The molecule has 0 spiro atoms. The summed E-state index contributed by atoms with van der Waals surface area (Å²) in [5.41, 5.74) is 1.19. The van der Waals surface area contributed by atoms with Gasteiger partial charge in [0.25, 0.3) is 0 Å². The highest BCUT2D eigenvalue weighted by atomic mass is 16.5. The standard InChI is InChI=1S/C17H26N2O2/c1-3-12-21-16-7-4-14(5-8-16)6-9-17(20)19(2)15-10-11-18-13-15/h4-5,7-8,15,18H,3,6,9-13H2,1-2H3. The molecule has 116 valence electrons. The number of nitrogens with one attached hydrogen (secondary N) is 1. The molecule has 0 radical (unpaired) electrons. The lowest BCUT2D eigenvalue weighted by atomic mass is 10.1. The summed E-state index contributed by atoms with van der Waals surface area (Å²) in [4.78, 5) is 14.1. The predicted octanol–water partition coefficient (Wildman–Crippen LogP) is 2.23. The van der Waals surface area contributed by atoms with E-state index < -0.39 is 0 Å². The van der Waals surface area contributed by atoms with E-state index in [1.165, 1.54) is 5.56 Å². The molecule has 1 saturated heterocycles. The van der Waals surface area contributed by atoms with Crippen LogP contribution in [-0.4, -0.2) is 43.6 Å². The summed E-state index contributed by atoms with van der Waals surface area (Å²) in [6, 6.07) is 8.44. The fourth-order valence-corrected chi connectivity index (χ4v) is 2.57. The minimum absolute atomic E-state index is 0.231. The summed E-state index contributed by atoms with van der Waals surface area (Å²) in [6.07, 6.45) is 3.43. The predicted molar refractivity (Wildman–Crippen MR) is 84.6 cm³/mol. The summed E-state index contributed by atoms with van der Waals surface area (Å²) >= 11 is 0. The van der Waals surface area contributed by atoms with Crippen LogP contribution in [0.25, 0.3) is 0 Å². The lowest BCUT2D eigenvalue weighted by Gasteiger charge is -2.23. The monoisotopic (exact) mass is 290 g/mol.